The predicted molar refractivity (Wildman–Crippen MR) is 119 cm³/mol. The van der Waals surface area contributed by atoms with Crippen LogP contribution in [0.3, 0.4) is 0 Å². The SMILES string of the molecule is CCCCN1C(=S)N[C@@H](c2ccccn2)[C@@H]1c1cc(C)n(Cc2ccco2)c1C. The third-order valence-corrected chi connectivity index (χ3v) is 6.13. The van der Waals surface area contributed by atoms with Crippen molar-refractivity contribution in [1.82, 2.24) is 19.8 Å². The lowest BCUT2D eigenvalue weighted by molar-refractivity contribution is 0.311. The number of hydrogen-bond acceptors (Lipinski definition) is 3. The minimum absolute atomic E-state index is 0.0399. The molecule has 1 saturated heterocycles. The number of hydrogen-bond donors (Lipinski definition) is 1. The first kappa shape index (κ1) is 19.7. The van der Waals surface area contributed by atoms with Crippen LogP contribution in [-0.4, -0.2) is 26.1 Å². The van der Waals surface area contributed by atoms with Crippen molar-refractivity contribution in [3.8, 4) is 0 Å². The van der Waals surface area contributed by atoms with E-state index >= 15 is 0 Å². The molecule has 4 rings (SSSR count). The molecule has 3 aromatic rings. The van der Waals surface area contributed by atoms with E-state index in [-0.39, 0.29) is 12.1 Å². The van der Waals surface area contributed by atoms with Crippen LogP contribution in [0, 0.1) is 13.8 Å². The molecule has 29 heavy (non-hydrogen) atoms. The van der Waals surface area contributed by atoms with Crippen molar-refractivity contribution in [3.63, 3.8) is 0 Å². The Labute approximate surface area is 177 Å². The van der Waals surface area contributed by atoms with Crippen molar-refractivity contribution in [1.29, 1.82) is 0 Å². The minimum atomic E-state index is 0.0399. The maximum Gasteiger partial charge on any atom is 0.170 e. The zero-order chi connectivity index (χ0) is 20.4. The molecule has 0 amide bonds. The second-order valence-electron chi connectivity index (χ2n) is 7.67. The fourth-order valence-corrected chi connectivity index (χ4v) is 4.57. The third-order valence-electron chi connectivity index (χ3n) is 5.78. The molecule has 4 heterocycles. The number of rotatable bonds is 7. The molecule has 0 radical (unpaired) electrons. The zero-order valence-electron chi connectivity index (χ0n) is 17.3. The molecule has 3 aromatic heterocycles. The van der Waals surface area contributed by atoms with E-state index in [1.54, 1.807) is 6.26 Å². The average Bonchev–Trinajstić information content (AvgIpc) is 3.42. The zero-order valence-corrected chi connectivity index (χ0v) is 18.1. The van der Waals surface area contributed by atoms with E-state index in [9.17, 15) is 0 Å². The van der Waals surface area contributed by atoms with E-state index in [1.165, 1.54) is 17.0 Å². The Balaban J connectivity index is 1.74. The predicted octanol–water partition coefficient (Wildman–Crippen LogP) is 4.91. The van der Waals surface area contributed by atoms with Gasteiger partial charge in [-0.05, 0) is 68.4 Å². The maximum absolute atomic E-state index is 5.75. The van der Waals surface area contributed by atoms with Crippen molar-refractivity contribution >= 4 is 17.3 Å². The third kappa shape index (κ3) is 3.81. The highest BCUT2D eigenvalue weighted by molar-refractivity contribution is 7.80. The largest absolute Gasteiger partial charge is 0.467 e. The number of nitrogens with one attached hydrogen (secondary N) is 1. The molecule has 0 aliphatic carbocycles. The van der Waals surface area contributed by atoms with Gasteiger partial charge in [0.15, 0.2) is 5.11 Å². The highest BCUT2D eigenvalue weighted by Crippen LogP contribution is 2.41. The Kier molecular flexibility index (Phi) is 5.72. The van der Waals surface area contributed by atoms with Crippen LogP contribution in [0.1, 0.15) is 60.3 Å². The van der Waals surface area contributed by atoms with Crippen molar-refractivity contribution < 1.29 is 4.42 Å². The molecule has 0 bridgehead atoms. The second kappa shape index (κ2) is 8.41. The summed E-state index contributed by atoms with van der Waals surface area (Å²) in [7, 11) is 0. The molecule has 6 heteroatoms. The van der Waals surface area contributed by atoms with Crippen LogP contribution in [-0.2, 0) is 6.54 Å². The van der Waals surface area contributed by atoms with Crippen LogP contribution < -0.4 is 5.32 Å². The van der Waals surface area contributed by atoms with Gasteiger partial charge >= 0.3 is 0 Å². The summed E-state index contributed by atoms with van der Waals surface area (Å²) in [5, 5.41) is 4.36. The van der Waals surface area contributed by atoms with Gasteiger partial charge in [0.25, 0.3) is 0 Å². The standard InChI is InChI=1S/C23H28N4OS/c1-4-5-12-26-22(21(25-23(26)29)20-10-6-7-11-24-20)19-14-16(2)27(17(19)3)15-18-9-8-13-28-18/h6-11,13-14,21-22H,4-5,12,15H2,1-3H3,(H,25,29)/t21-,22-/m0/s1. The first-order chi connectivity index (χ1) is 14.1. The summed E-state index contributed by atoms with van der Waals surface area (Å²) in [6.45, 7) is 8.25. The van der Waals surface area contributed by atoms with Crippen LogP contribution in [0.2, 0.25) is 0 Å². The maximum atomic E-state index is 5.75. The van der Waals surface area contributed by atoms with E-state index in [0.717, 1.165) is 42.5 Å². The Hall–Kier alpha value is -2.60. The molecule has 1 N–H and O–H groups in total. The van der Waals surface area contributed by atoms with Crippen LogP contribution in [0.25, 0.3) is 0 Å². The lowest BCUT2D eigenvalue weighted by Gasteiger charge is -2.28. The molecule has 152 valence electrons. The van der Waals surface area contributed by atoms with Crippen molar-refractivity contribution in [2.45, 2.75) is 52.2 Å². The molecular formula is C23H28N4OS. The van der Waals surface area contributed by atoms with Crippen LogP contribution in [0.4, 0.5) is 0 Å². The van der Waals surface area contributed by atoms with Crippen LogP contribution >= 0.6 is 12.2 Å². The molecule has 5 nitrogen and oxygen atoms in total. The van der Waals surface area contributed by atoms with Crippen molar-refractivity contribution in [3.05, 3.63) is 77.3 Å². The molecule has 1 fully saturated rings. The van der Waals surface area contributed by atoms with Gasteiger partial charge in [0.05, 0.1) is 30.6 Å². The van der Waals surface area contributed by atoms with Gasteiger partial charge in [-0.1, -0.05) is 19.4 Å². The number of aryl methyl sites for hydroxylation is 1. The summed E-state index contributed by atoms with van der Waals surface area (Å²) < 4.78 is 7.91. The topological polar surface area (TPSA) is 46.2 Å². The molecule has 1 aliphatic heterocycles. The van der Waals surface area contributed by atoms with E-state index in [0.29, 0.717) is 0 Å². The second-order valence-corrected chi connectivity index (χ2v) is 8.05. The first-order valence-electron chi connectivity index (χ1n) is 10.3. The minimum Gasteiger partial charge on any atom is -0.467 e. The smallest absolute Gasteiger partial charge is 0.170 e. The summed E-state index contributed by atoms with van der Waals surface area (Å²) in [6.07, 6.45) is 5.83. The van der Waals surface area contributed by atoms with Crippen molar-refractivity contribution in [2.24, 2.45) is 0 Å². The van der Waals surface area contributed by atoms with Gasteiger partial charge in [-0.15, -0.1) is 0 Å². The number of pyridine rings is 1. The number of nitrogens with zero attached hydrogens (tertiary/aromatic N) is 3. The normalized spacial score (nSPS) is 19.0. The van der Waals surface area contributed by atoms with Crippen molar-refractivity contribution in [2.75, 3.05) is 6.54 Å². The number of aromatic nitrogens is 2. The molecule has 0 spiro atoms. The number of thiocarbonyl (C=S) groups is 1. The van der Waals surface area contributed by atoms with Crippen LogP contribution in [0.5, 0.6) is 0 Å². The molecule has 0 unspecified atom stereocenters. The summed E-state index contributed by atoms with van der Waals surface area (Å²) in [4.78, 5) is 6.98. The number of unbranched alkanes of at least 4 members (excludes halogenated alkanes) is 1. The van der Waals surface area contributed by atoms with E-state index in [2.05, 4.69) is 52.7 Å². The molecule has 0 aromatic carbocycles. The Morgan fingerprint density at radius 3 is 2.76 bits per heavy atom. The Morgan fingerprint density at radius 1 is 1.21 bits per heavy atom. The lowest BCUT2D eigenvalue weighted by Crippen LogP contribution is -2.30. The Morgan fingerprint density at radius 2 is 2.07 bits per heavy atom. The van der Waals surface area contributed by atoms with Gasteiger partial charge < -0.3 is 19.2 Å². The van der Waals surface area contributed by atoms with E-state index in [1.807, 2.05) is 30.5 Å². The summed E-state index contributed by atoms with van der Waals surface area (Å²) in [6, 6.07) is 12.5. The molecule has 0 saturated carbocycles. The lowest BCUT2D eigenvalue weighted by atomic mass is 9.96. The summed E-state index contributed by atoms with van der Waals surface area (Å²) >= 11 is 5.75. The average molecular weight is 409 g/mol. The van der Waals surface area contributed by atoms with Gasteiger partial charge in [0, 0.05) is 24.1 Å². The fraction of sp³-hybridized carbons (Fsp3) is 0.391. The van der Waals surface area contributed by atoms with E-state index in [4.69, 9.17) is 16.6 Å². The summed E-state index contributed by atoms with van der Waals surface area (Å²) in [5.41, 5.74) is 4.79. The van der Waals surface area contributed by atoms with Gasteiger partial charge in [0.1, 0.15) is 5.76 Å². The summed E-state index contributed by atoms with van der Waals surface area (Å²) in [5.74, 6) is 0.961. The van der Waals surface area contributed by atoms with Crippen LogP contribution in [0.15, 0.2) is 53.3 Å². The fourth-order valence-electron chi connectivity index (χ4n) is 4.24. The number of furan rings is 1. The van der Waals surface area contributed by atoms with Gasteiger partial charge in [-0.25, -0.2) is 0 Å². The van der Waals surface area contributed by atoms with Gasteiger partial charge in [-0.2, -0.15) is 0 Å². The quantitative estimate of drug-likeness (QED) is 0.563. The highest BCUT2D eigenvalue weighted by Gasteiger charge is 2.40. The first-order valence-corrected chi connectivity index (χ1v) is 10.7. The molecule has 2 atom stereocenters. The highest BCUT2D eigenvalue weighted by atomic mass is 32.1. The Bertz CT molecular complexity index is 964. The van der Waals surface area contributed by atoms with E-state index < -0.39 is 0 Å². The monoisotopic (exact) mass is 408 g/mol. The molecular weight excluding hydrogens is 380 g/mol. The molecule has 1 aliphatic rings. The van der Waals surface area contributed by atoms with Gasteiger partial charge in [-0.3, -0.25) is 4.98 Å². The van der Waals surface area contributed by atoms with Gasteiger partial charge in [0.2, 0.25) is 0 Å².